The van der Waals surface area contributed by atoms with Crippen LogP contribution in [0, 0.1) is 0 Å². The molecule has 0 amide bonds. The number of ether oxygens (including phenoxy) is 1. The van der Waals surface area contributed by atoms with Gasteiger partial charge in [0.2, 0.25) is 0 Å². The number of methoxy groups -OCH3 is 1. The van der Waals surface area contributed by atoms with E-state index in [1.807, 2.05) is 12.1 Å². The Kier molecular flexibility index (Phi) is 3.82. The van der Waals surface area contributed by atoms with Crippen LogP contribution in [0.4, 0.5) is 0 Å². The van der Waals surface area contributed by atoms with Crippen molar-refractivity contribution < 1.29 is 9.26 Å². The Labute approximate surface area is 164 Å². The van der Waals surface area contributed by atoms with Gasteiger partial charge in [-0.3, -0.25) is 9.20 Å². The maximum absolute atomic E-state index is 13.4. The Morgan fingerprint density at radius 1 is 1.32 bits per heavy atom. The van der Waals surface area contributed by atoms with Gasteiger partial charge in [0.25, 0.3) is 11.4 Å². The molecule has 4 aromatic rings. The molecule has 0 N–H and O–H groups in total. The highest BCUT2D eigenvalue weighted by molar-refractivity contribution is 6.35. The molecule has 0 atom stereocenters. The Morgan fingerprint density at radius 3 is 2.89 bits per heavy atom. The van der Waals surface area contributed by atoms with Gasteiger partial charge in [-0.1, -0.05) is 29.7 Å². The molecule has 5 rings (SSSR count). The van der Waals surface area contributed by atoms with Crippen molar-refractivity contribution in [2.75, 3.05) is 13.7 Å². The van der Waals surface area contributed by atoms with E-state index in [2.05, 4.69) is 22.0 Å². The first kappa shape index (κ1) is 17.4. The molecule has 1 fully saturated rings. The lowest BCUT2D eigenvalue weighted by Crippen LogP contribution is -2.25. The topological polar surface area (TPSA) is 87.5 Å². The van der Waals surface area contributed by atoms with Crippen LogP contribution in [0.15, 0.2) is 33.8 Å². The van der Waals surface area contributed by atoms with Gasteiger partial charge in [-0.25, -0.2) is 4.98 Å². The maximum atomic E-state index is 13.4. The lowest BCUT2D eigenvalue weighted by atomic mass is 10.1. The number of imidazole rings is 1. The van der Waals surface area contributed by atoms with E-state index in [1.165, 1.54) is 0 Å². The molecule has 3 heterocycles. The van der Waals surface area contributed by atoms with E-state index in [0.29, 0.717) is 40.7 Å². The summed E-state index contributed by atoms with van der Waals surface area (Å²) in [5, 5.41) is 4.60. The molecule has 0 bridgehead atoms. The molecule has 9 heteroatoms. The Bertz CT molecular complexity index is 1270. The molecule has 1 aromatic carbocycles. The van der Waals surface area contributed by atoms with E-state index in [0.717, 1.165) is 18.4 Å². The van der Waals surface area contributed by atoms with Crippen LogP contribution in [0.25, 0.3) is 28.1 Å². The van der Waals surface area contributed by atoms with Crippen molar-refractivity contribution in [1.29, 1.82) is 0 Å². The third-order valence-electron chi connectivity index (χ3n) is 5.40. The molecule has 1 saturated carbocycles. The van der Waals surface area contributed by atoms with Gasteiger partial charge in [-0.2, -0.15) is 4.98 Å². The van der Waals surface area contributed by atoms with Gasteiger partial charge in [-0.15, -0.1) is 0 Å². The SMILES string of the molecule is COCCn1c(=O)c2c(-c3nc(C4(C)CC4)no3)ncn2c2cccc(Cl)c21. The van der Waals surface area contributed by atoms with Gasteiger partial charge >= 0.3 is 0 Å². The molecule has 0 radical (unpaired) electrons. The minimum atomic E-state index is -0.234. The van der Waals surface area contributed by atoms with Gasteiger partial charge in [0, 0.05) is 19.1 Å². The minimum absolute atomic E-state index is 0.0316. The number of nitrogens with zero attached hydrogens (tertiary/aromatic N) is 5. The minimum Gasteiger partial charge on any atom is -0.383 e. The molecule has 144 valence electrons. The molecule has 28 heavy (non-hydrogen) atoms. The lowest BCUT2D eigenvalue weighted by molar-refractivity contribution is 0.187. The first-order valence-electron chi connectivity index (χ1n) is 9.05. The number of fused-ring (bicyclic) bond motifs is 3. The predicted molar refractivity (Wildman–Crippen MR) is 104 cm³/mol. The Hall–Kier alpha value is -2.71. The van der Waals surface area contributed by atoms with Crippen molar-refractivity contribution >= 4 is 28.2 Å². The zero-order valence-corrected chi connectivity index (χ0v) is 16.2. The molecular formula is C19H18ClN5O3. The number of para-hydroxylation sites is 1. The quantitative estimate of drug-likeness (QED) is 0.512. The predicted octanol–water partition coefficient (Wildman–Crippen LogP) is 3.05. The number of hydrogen-bond donors (Lipinski definition) is 0. The first-order valence-corrected chi connectivity index (χ1v) is 9.43. The van der Waals surface area contributed by atoms with Crippen LogP contribution in [0.3, 0.4) is 0 Å². The van der Waals surface area contributed by atoms with Crippen molar-refractivity contribution in [3.8, 4) is 11.6 Å². The van der Waals surface area contributed by atoms with Crippen molar-refractivity contribution in [1.82, 2.24) is 24.1 Å². The molecule has 0 aliphatic heterocycles. The third-order valence-corrected chi connectivity index (χ3v) is 5.70. The molecule has 0 saturated heterocycles. The zero-order chi connectivity index (χ0) is 19.5. The zero-order valence-electron chi connectivity index (χ0n) is 15.5. The average molecular weight is 400 g/mol. The van der Waals surface area contributed by atoms with Gasteiger partial charge in [0.1, 0.15) is 11.8 Å². The van der Waals surface area contributed by atoms with Gasteiger partial charge < -0.3 is 13.8 Å². The highest BCUT2D eigenvalue weighted by Crippen LogP contribution is 2.46. The van der Waals surface area contributed by atoms with Crippen molar-refractivity contribution in [2.45, 2.75) is 31.7 Å². The number of benzene rings is 1. The molecule has 1 aliphatic rings. The fourth-order valence-electron chi connectivity index (χ4n) is 3.46. The second-order valence-corrected chi connectivity index (χ2v) is 7.76. The standard InChI is InChI=1S/C19H18ClN5O3/c1-19(6-7-19)18-22-16(28-23-18)13-15-17(26)24(8-9-27-2)14-11(20)4-3-5-12(14)25(15)10-21-13/h3-5,10H,6-9H2,1-2H3. The van der Waals surface area contributed by atoms with Crippen LogP contribution in [-0.4, -0.2) is 37.8 Å². The summed E-state index contributed by atoms with van der Waals surface area (Å²) >= 11 is 6.42. The number of halogens is 1. The lowest BCUT2D eigenvalue weighted by Gasteiger charge is -2.13. The Balaban J connectivity index is 1.79. The van der Waals surface area contributed by atoms with E-state index in [-0.39, 0.29) is 16.9 Å². The summed E-state index contributed by atoms with van der Waals surface area (Å²) in [6.07, 6.45) is 3.65. The van der Waals surface area contributed by atoms with Crippen LogP contribution in [0.2, 0.25) is 5.02 Å². The first-order chi connectivity index (χ1) is 13.5. The third kappa shape index (κ3) is 2.48. The van der Waals surface area contributed by atoms with Crippen LogP contribution in [-0.2, 0) is 16.7 Å². The molecular weight excluding hydrogens is 382 g/mol. The summed E-state index contributed by atoms with van der Waals surface area (Å²) in [5.41, 5.74) is 1.90. The maximum Gasteiger partial charge on any atom is 0.279 e. The fraction of sp³-hybridized carbons (Fsp3) is 0.368. The van der Waals surface area contributed by atoms with E-state index >= 15 is 0 Å². The summed E-state index contributed by atoms with van der Waals surface area (Å²) in [6, 6.07) is 5.50. The van der Waals surface area contributed by atoms with Gasteiger partial charge in [0.15, 0.2) is 11.5 Å². The van der Waals surface area contributed by atoms with Crippen molar-refractivity contribution in [3.63, 3.8) is 0 Å². The second kappa shape index (κ2) is 6.15. The monoisotopic (exact) mass is 399 g/mol. The van der Waals surface area contributed by atoms with Crippen LogP contribution < -0.4 is 5.56 Å². The molecule has 1 aliphatic carbocycles. The summed E-state index contributed by atoms with van der Waals surface area (Å²) in [5.74, 6) is 0.912. The van der Waals surface area contributed by atoms with Crippen LogP contribution in [0.5, 0.6) is 0 Å². The van der Waals surface area contributed by atoms with Crippen LogP contribution >= 0.6 is 11.6 Å². The van der Waals surface area contributed by atoms with E-state index in [9.17, 15) is 4.79 Å². The highest BCUT2D eigenvalue weighted by Gasteiger charge is 2.43. The van der Waals surface area contributed by atoms with Crippen molar-refractivity contribution in [2.24, 2.45) is 0 Å². The van der Waals surface area contributed by atoms with E-state index < -0.39 is 0 Å². The largest absolute Gasteiger partial charge is 0.383 e. The fourth-order valence-corrected chi connectivity index (χ4v) is 3.73. The van der Waals surface area contributed by atoms with Gasteiger partial charge in [-0.05, 0) is 25.0 Å². The molecule has 0 unspecified atom stereocenters. The highest BCUT2D eigenvalue weighted by atomic mass is 35.5. The second-order valence-electron chi connectivity index (χ2n) is 7.35. The molecule has 8 nitrogen and oxygen atoms in total. The summed E-state index contributed by atoms with van der Waals surface area (Å²) < 4.78 is 14.0. The smallest absolute Gasteiger partial charge is 0.279 e. The normalized spacial score (nSPS) is 15.5. The Morgan fingerprint density at radius 2 is 2.14 bits per heavy atom. The number of hydrogen-bond acceptors (Lipinski definition) is 6. The van der Waals surface area contributed by atoms with Gasteiger partial charge in [0.05, 0.1) is 22.7 Å². The summed E-state index contributed by atoms with van der Waals surface area (Å²) in [7, 11) is 1.59. The summed E-state index contributed by atoms with van der Waals surface area (Å²) in [6.45, 7) is 2.84. The average Bonchev–Trinajstić information content (AvgIpc) is 3.11. The van der Waals surface area contributed by atoms with Crippen molar-refractivity contribution in [3.05, 3.63) is 45.7 Å². The van der Waals surface area contributed by atoms with E-state index in [4.69, 9.17) is 20.9 Å². The number of rotatable bonds is 5. The molecule has 3 aromatic heterocycles. The molecule has 0 spiro atoms. The number of aromatic nitrogens is 5. The van der Waals surface area contributed by atoms with E-state index in [1.54, 1.807) is 28.5 Å². The summed E-state index contributed by atoms with van der Waals surface area (Å²) in [4.78, 5) is 22.3. The van der Waals surface area contributed by atoms with Crippen LogP contribution in [0.1, 0.15) is 25.6 Å².